The van der Waals surface area contributed by atoms with Crippen LogP contribution < -0.4 is 19.5 Å². The van der Waals surface area contributed by atoms with E-state index in [-0.39, 0.29) is 24.5 Å². The number of carbonyl (C=O) groups is 3. The van der Waals surface area contributed by atoms with Gasteiger partial charge in [-0.25, -0.2) is 18.2 Å². The Balaban J connectivity index is 1.39. The van der Waals surface area contributed by atoms with Crippen LogP contribution in [0.5, 0.6) is 11.5 Å². The average molecular weight is 635 g/mol. The minimum Gasteiger partial charge on any atom is -0.493 e. The molecule has 5 rings (SSSR count). The zero-order valence-corrected chi connectivity index (χ0v) is 26.0. The number of pyridine rings is 1. The highest BCUT2D eigenvalue weighted by Gasteiger charge is 2.62. The van der Waals surface area contributed by atoms with Crippen LogP contribution in [0.1, 0.15) is 46.5 Å². The van der Waals surface area contributed by atoms with Crippen molar-refractivity contribution in [3.8, 4) is 11.5 Å². The summed E-state index contributed by atoms with van der Waals surface area (Å²) in [7, 11) is -2.35. The number of rotatable bonds is 9. The highest BCUT2D eigenvalue weighted by Crippen LogP contribution is 2.45. The maximum absolute atomic E-state index is 13.8. The summed E-state index contributed by atoms with van der Waals surface area (Å²) in [5, 5.41) is 3.82. The number of hydrogen-bond donors (Lipinski definition) is 2. The number of nitrogens with zero attached hydrogens (tertiary/aromatic N) is 2. The van der Waals surface area contributed by atoms with Crippen molar-refractivity contribution in [2.24, 2.45) is 5.92 Å². The molecule has 1 aliphatic heterocycles. The third kappa shape index (κ3) is 6.37. The van der Waals surface area contributed by atoms with Crippen molar-refractivity contribution in [1.82, 2.24) is 19.9 Å². The molecule has 4 atom stereocenters. The number of methoxy groups -OCH3 is 1. The second-order valence-electron chi connectivity index (χ2n) is 12.1. The number of halogens is 1. The Bertz CT molecular complexity index is 1590. The number of aromatic nitrogens is 1. The van der Waals surface area contributed by atoms with Gasteiger partial charge in [-0.1, -0.05) is 17.7 Å². The zero-order chi connectivity index (χ0) is 31.3. The van der Waals surface area contributed by atoms with Crippen LogP contribution >= 0.6 is 11.6 Å². The topological polar surface area (TPSA) is 153 Å². The number of ether oxygens (including phenoxy) is 3. The molecule has 4 unspecified atom stereocenters. The van der Waals surface area contributed by atoms with Gasteiger partial charge < -0.3 is 19.5 Å². The van der Waals surface area contributed by atoms with Gasteiger partial charge in [-0.15, -0.1) is 6.58 Å². The second-order valence-corrected chi connectivity index (χ2v) is 14.5. The molecule has 43 heavy (non-hydrogen) atoms. The van der Waals surface area contributed by atoms with Crippen LogP contribution in [-0.2, 0) is 24.3 Å². The molecule has 3 aliphatic rings. The molecule has 2 N–H and O–H groups in total. The maximum Gasteiger partial charge on any atom is 0.411 e. The molecule has 3 fully saturated rings. The summed E-state index contributed by atoms with van der Waals surface area (Å²) in [6.07, 6.45) is 2.87. The lowest BCUT2D eigenvalue weighted by Gasteiger charge is -2.29. The number of hydrogen-bond acceptors (Lipinski definition) is 9. The van der Waals surface area contributed by atoms with Crippen molar-refractivity contribution in [3.05, 3.63) is 42.2 Å². The van der Waals surface area contributed by atoms with Gasteiger partial charge in [0, 0.05) is 23.9 Å². The minimum atomic E-state index is -3.84. The summed E-state index contributed by atoms with van der Waals surface area (Å²) in [6.45, 7) is 8.85. The normalized spacial score (nSPS) is 25.1. The number of amides is 3. The van der Waals surface area contributed by atoms with Crippen LogP contribution in [0.15, 0.2) is 37.1 Å². The molecule has 12 nitrogen and oxygen atoms in total. The van der Waals surface area contributed by atoms with Crippen LogP contribution in [0.25, 0.3) is 10.8 Å². The fourth-order valence-corrected chi connectivity index (χ4v) is 6.83. The van der Waals surface area contributed by atoms with E-state index in [1.54, 1.807) is 45.2 Å². The van der Waals surface area contributed by atoms with Crippen molar-refractivity contribution in [3.63, 3.8) is 0 Å². The number of benzene rings is 1. The third-order valence-electron chi connectivity index (χ3n) is 7.74. The van der Waals surface area contributed by atoms with E-state index in [9.17, 15) is 22.8 Å². The quantitative estimate of drug-likeness (QED) is 0.312. The maximum atomic E-state index is 13.8. The number of sulfonamides is 1. The smallest absolute Gasteiger partial charge is 0.411 e. The molecule has 1 aromatic heterocycles. The van der Waals surface area contributed by atoms with E-state index in [0.717, 1.165) is 5.39 Å². The fraction of sp³-hybridized carbons (Fsp3) is 0.517. The average Bonchev–Trinajstić information content (AvgIpc) is 3.84. The van der Waals surface area contributed by atoms with Gasteiger partial charge in [-0.3, -0.25) is 19.2 Å². The van der Waals surface area contributed by atoms with E-state index in [1.807, 2.05) is 0 Å². The lowest BCUT2D eigenvalue weighted by atomic mass is 10.1. The molecule has 0 bridgehead atoms. The Morgan fingerprint density at radius 2 is 1.93 bits per heavy atom. The first-order chi connectivity index (χ1) is 20.2. The SMILES string of the molecule is C=CC1CC1(NC(=O)C1CC(Oc2cc3c(Cl)nccc3cc2OC)CN1C(=O)OC(C)(C)C)C(=O)NS(=O)(=O)C1CC1. The van der Waals surface area contributed by atoms with Gasteiger partial charge in [0.05, 0.1) is 18.9 Å². The lowest BCUT2D eigenvalue weighted by molar-refractivity contribution is -0.131. The van der Waals surface area contributed by atoms with E-state index in [0.29, 0.717) is 29.7 Å². The molecule has 2 aromatic rings. The minimum absolute atomic E-state index is 0.00486. The molecular formula is C29H35ClN4O8S. The van der Waals surface area contributed by atoms with Crippen LogP contribution in [0.3, 0.4) is 0 Å². The molecule has 1 saturated heterocycles. The first-order valence-corrected chi connectivity index (χ1v) is 15.9. The Labute approximate surface area is 255 Å². The lowest BCUT2D eigenvalue weighted by Crippen LogP contribution is -2.56. The third-order valence-corrected chi connectivity index (χ3v) is 9.86. The van der Waals surface area contributed by atoms with E-state index in [1.165, 1.54) is 18.1 Å². The summed E-state index contributed by atoms with van der Waals surface area (Å²) in [5.41, 5.74) is -2.34. The summed E-state index contributed by atoms with van der Waals surface area (Å²) < 4.78 is 44.5. The fourth-order valence-electron chi connectivity index (χ4n) is 5.25. The molecule has 232 valence electrons. The van der Waals surface area contributed by atoms with E-state index < -0.39 is 62.4 Å². The van der Waals surface area contributed by atoms with E-state index in [4.69, 9.17) is 25.8 Å². The monoisotopic (exact) mass is 634 g/mol. The first kappa shape index (κ1) is 30.9. The van der Waals surface area contributed by atoms with E-state index >= 15 is 0 Å². The first-order valence-electron chi connectivity index (χ1n) is 14.0. The molecule has 0 radical (unpaired) electrons. The highest BCUT2D eigenvalue weighted by molar-refractivity contribution is 7.91. The summed E-state index contributed by atoms with van der Waals surface area (Å²) in [6, 6.07) is 4.15. The van der Waals surface area contributed by atoms with E-state index in [2.05, 4.69) is 21.6 Å². The summed E-state index contributed by atoms with van der Waals surface area (Å²) in [5.74, 6) is -1.17. The predicted molar refractivity (Wildman–Crippen MR) is 158 cm³/mol. The number of carbonyl (C=O) groups excluding carboxylic acids is 3. The number of fused-ring (bicyclic) bond motifs is 1. The molecule has 0 spiro atoms. The van der Waals surface area contributed by atoms with Crippen molar-refractivity contribution < 1.29 is 37.0 Å². The highest BCUT2D eigenvalue weighted by atomic mass is 35.5. The standard InChI is InChI=1S/C29H35ClN4O8S/c1-6-17-14-29(17,26(36)33-43(38,39)19-7-8-19)32-25(35)21-12-18(15-34(21)27(37)42-28(2,3)4)41-23-13-20-16(11-22(23)40-5)9-10-31-24(20)30/h6,9-11,13,17-19,21H,1,7-8,12,14-15H2,2-5H3,(H,32,35)(H,33,36). The molecule has 14 heteroatoms. The van der Waals surface area contributed by atoms with Gasteiger partial charge in [0.1, 0.15) is 28.4 Å². The predicted octanol–water partition coefficient (Wildman–Crippen LogP) is 3.32. The van der Waals surface area contributed by atoms with Gasteiger partial charge in [0.25, 0.3) is 5.91 Å². The molecule has 3 amide bonds. The van der Waals surface area contributed by atoms with Crippen molar-refractivity contribution in [1.29, 1.82) is 0 Å². The summed E-state index contributed by atoms with van der Waals surface area (Å²) in [4.78, 5) is 45.6. The van der Waals surface area contributed by atoms with Gasteiger partial charge >= 0.3 is 6.09 Å². The van der Waals surface area contributed by atoms with Crippen LogP contribution in [0, 0.1) is 5.92 Å². The van der Waals surface area contributed by atoms with Crippen molar-refractivity contribution in [2.75, 3.05) is 13.7 Å². The van der Waals surface area contributed by atoms with Crippen LogP contribution in [-0.4, -0.2) is 78.4 Å². The Morgan fingerprint density at radius 3 is 2.53 bits per heavy atom. The second kappa shape index (κ2) is 11.2. The Morgan fingerprint density at radius 1 is 1.21 bits per heavy atom. The molecule has 2 heterocycles. The molecular weight excluding hydrogens is 600 g/mol. The Kier molecular flexibility index (Phi) is 8.01. The zero-order valence-electron chi connectivity index (χ0n) is 24.4. The molecule has 2 saturated carbocycles. The van der Waals surface area contributed by atoms with Gasteiger partial charge in [0.15, 0.2) is 11.5 Å². The number of likely N-dealkylation sites (tertiary alicyclic amines) is 1. The summed E-state index contributed by atoms with van der Waals surface area (Å²) >= 11 is 6.30. The van der Waals surface area contributed by atoms with Gasteiger partial charge in [0.2, 0.25) is 15.9 Å². The van der Waals surface area contributed by atoms with Crippen LogP contribution in [0.4, 0.5) is 4.79 Å². The number of nitrogens with one attached hydrogen (secondary N) is 2. The van der Waals surface area contributed by atoms with Gasteiger partial charge in [-0.2, -0.15) is 0 Å². The van der Waals surface area contributed by atoms with Gasteiger partial charge in [-0.05, 0) is 63.6 Å². The van der Waals surface area contributed by atoms with Crippen molar-refractivity contribution in [2.45, 2.75) is 75.0 Å². The molecule has 1 aromatic carbocycles. The Hall–Kier alpha value is -3.58. The van der Waals surface area contributed by atoms with Crippen molar-refractivity contribution >= 4 is 50.3 Å². The molecule has 2 aliphatic carbocycles. The largest absolute Gasteiger partial charge is 0.493 e. The van der Waals surface area contributed by atoms with Crippen LogP contribution in [0.2, 0.25) is 5.15 Å².